The summed E-state index contributed by atoms with van der Waals surface area (Å²) in [6.45, 7) is 3.96. The third kappa shape index (κ3) is 5.89. The highest BCUT2D eigenvalue weighted by molar-refractivity contribution is 6.17. The van der Waals surface area contributed by atoms with Gasteiger partial charge in [-0.15, -0.1) is 18.2 Å². The SMILES string of the molecule is C=CCNC(=O)c1ccc(NC(=O)CCCCCl)cc1. The summed E-state index contributed by atoms with van der Waals surface area (Å²) in [5.74, 6) is 0.366. The lowest BCUT2D eigenvalue weighted by molar-refractivity contribution is -0.116. The van der Waals surface area contributed by atoms with Crippen molar-refractivity contribution >= 4 is 29.1 Å². The van der Waals surface area contributed by atoms with Crippen LogP contribution in [0.3, 0.4) is 0 Å². The van der Waals surface area contributed by atoms with Crippen molar-refractivity contribution in [2.45, 2.75) is 19.3 Å². The summed E-state index contributed by atoms with van der Waals surface area (Å²) >= 11 is 5.55. The van der Waals surface area contributed by atoms with E-state index < -0.39 is 0 Å². The Morgan fingerprint density at radius 3 is 2.50 bits per heavy atom. The van der Waals surface area contributed by atoms with Crippen LogP contribution in [0.5, 0.6) is 0 Å². The van der Waals surface area contributed by atoms with Gasteiger partial charge < -0.3 is 10.6 Å². The third-order valence-electron chi connectivity index (χ3n) is 2.63. The zero-order valence-corrected chi connectivity index (χ0v) is 12.1. The van der Waals surface area contributed by atoms with Gasteiger partial charge in [0.2, 0.25) is 5.91 Å². The highest BCUT2D eigenvalue weighted by atomic mass is 35.5. The summed E-state index contributed by atoms with van der Waals surface area (Å²) in [4.78, 5) is 23.3. The third-order valence-corrected chi connectivity index (χ3v) is 2.89. The predicted molar refractivity (Wildman–Crippen MR) is 82.2 cm³/mol. The Bertz CT molecular complexity index is 457. The van der Waals surface area contributed by atoms with Crippen molar-refractivity contribution in [2.24, 2.45) is 0 Å². The van der Waals surface area contributed by atoms with E-state index in [1.165, 1.54) is 0 Å². The van der Waals surface area contributed by atoms with E-state index in [1.807, 2.05) is 0 Å². The van der Waals surface area contributed by atoms with E-state index >= 15 is 0 Å². The number of hydrogen-bond acceptors (Lipinski definition) is 2. The molecule has 1 aromatic carbocycles. The van der Waals surface area contributed by atoms with Gasteiger partial charge in [0.15, 0.2) is 0 Å². The number of anilines is 1. The average molecular weight is 295 g/mol. The standard InChI is InChI=1S/C15H19ClN2O2/c1-2-11-17-15(20)12-6-8-13(9-7-12)18-14(19)5-3-4-10-16/h2,6-9H,1,3-5,10-11H2,(H,17,20)(H,18,19). The molecule has 0 saturated carbocycles. The smallest absolute Gasteiger partial charge is 0.251 e. The maximum absolute atomic E-state index is 11.7. The van der Waals surface area contributed by atoms with Gasteiger partial charge in [-0.1, -0.05) is 6.08 Å². The van der Waals surface area contributed by atoms with Crippen molar-refractivity contribution in [3.05, 3.63) is 42.5 Å². The van der Waals surface area contributed by atoms with Crippen molar-refractivity contribution in [3.8, 4) is 0 Å². The second kappa shape index (κ2) is 9.15. The molecule has 108 valence electrons. The molecule has 0 aliphatic rings. The van der Waals surface area contributed by atoms with E-state index in [0.717, 1.165) is 12.8 Å². The highest BCUT2D eigenvalue weighted by Gasteiger charge is 2.05. The van der Waals surface area contributed by atoms with Crippen LogP contribution >= 0.6 is 11.6 Å². The molecule has 0 radical (unpaired) electrons. The first kappa shape index (κ1) is 16.2. The van der Waals surface area contributed by atoms with Crippen LogP contribution in [0.2, 0.25) is 0 Å². The van der Waals surface area contributed by atoms with Crippen LogP contribution in [0.4, 0.5) is 5.69 Å². The van der Waals surface area contributed by atoms with E-state index in [-0.39, 0.29) is 11.8 Å². The van der Waals surface area contributed by atoms with Crippen molar-refractivity contribution in [2.75, 3.05) is 17.7 Å². The molecule has 0 bridgehead atoms. The summed E-state index contributed by atoms with van der Waals surface area (Å²) in [6, 6.07) is 6.77. The fraction of sp³-hybridized carbons (Fsp3) is 0.333. The zero-order valence-electron chi connectivity index (χ0n) is 11.3. The van der Waals surface area contributed by atoms with Gasteiger partial charge in [0.25, 0.3) is 5.91 Å². The lowest BCUT2D eigenvalue weighted by atomic mass is 10.2. The molecule has 0 aliphatic carbocycles. The number of rotatable bonds is 8. The quantitative estimate of drug-likeness (QED) is 0.440. The van der Waals surface area contributed by atoms with Crippen LogP contribution in [0.25, 0.3) is 0 Å². The molecule has 0 spiro atoms. The fourth-order valence-corrected chi connectivity index (χ4v) is 1.76. The predicted octanol–water partition coefficient (Wildman–Crippen LogP) is 2.95. The molecule has 1 rings (SSSR count). The summed E-state index contributed by atoms with van der Waals surface area (Å²) in [7, 11) is 0. The second-order valence-corrected chi connectivity index (χ2v) is 4.65. The Hall–Kier alpha value is -1.81. The Morgan fingerprint density at radius 1 is 1.20 bits per heavy atom. The molecule has 5 heteroatoms. The van der Waals surface area contributed by atoms with E-state index in [1.54, 1.807) is 30.3 Å². The Balaban J connectivity index is 2.47. The monoisotopic (exact) mass is 294 g/mol. The van der Waals surface area contributed by atoms with Crippen LogP contribution in [0.1, 0.15) is 29.6 Å². The Kier molecular flexibility index (Phi) is 7.43. The molecule has 0 aromatic heterocycles. The van der Waals surface area contributed by atoms with Gasteiger partial charge in [-0.25, -0.2) is 0 Å². The summed E-state index contributed by atoms with van der Waals surface area (Å²) < 4.78 is 0. The van der Waals surface area contributed by atoms with E-state index in [9.17, 15) is 9.59 Å². The van der Waals surface area contributed by atoms with Gasteiger partial charge in [0, 0.05) is 30.1 Å². The van der Waals surface area contributed by atoms with E-state index in [2.05, 4.69) is 17.2 Å². The number of amides is 2. The minimum Gasteiger partial charge on any atom is -0.349 e. The van der Waals surface area contributed by atoms with Gasteiger partial charge >= 0.3 is 0 Å². The molecule has 4 nitrogen and oxygen atoms in total. The molecule has 2 amide bonds. The molecular formula is C15H19ClN2O2. The Morgan fingerprint density at radius 2 is 1.90 bits per heavy atom. The molecule has 2 N–H and O–H groups in total. The normalized spacial score (nSPS) is 9.85. The number of benzene rings is 1. The number of hydrogen-bond donors (Lipinski definition) is 2. The molecule has 0 heterocycles. The maximum atomic E-state index is 11.7. The van der Waals surface area contributed by atoms with Crippen LogP contribution in [0.15, 0.2) is 36.9 Å². The van der Waals surface area contributed by atoms with E-state index in [4.69, 9.17) is 11.6 Å². The van der Waals surface area contributed by atoms with Crippen molar-refractivity contribution in [3.63, 3.8) is 0 Å². The number of carbonyl (C=O) groups excluding carboxylic acids is 2. The van der Waals surface area contributed by atoms with Crippen LogP contribution in [-0.4, -0.2) is 24.2 Å². The van der Waals surface area contributed by atoms with Crippen molar-refractivity contribution in [1.82, 2.24) is 5.32 Å². The molecule has 0 aliphatic heterocycles. The van der Waals surface area contributed by atoms with Gasteiger partial charge in [-0.2, -0.15) is 0 Å². The first-order chi connectivity index (χ1) is 9.67. The first-order valence-corrected chi connectivity index (χ1v) is 7.06. The van der Waals surface area contributed by atoms with Crippen LogP contribution < -0.4 is 10.6 Å². The number of unbranched alkanes of at least 4 members (excludes halogenated alkanes) is 1. The molecule has 0 saturated heterocycles. The van der Waals surface area contributed by atoms with Crippen LogP contribution in [-0.2, 0) is 4.79 Å². The summed E-state index contributed by atoms with van der Waals surface area (Å²) in [5.41, 5.74) is 1.23. The lowest BCUT2D eigenvalue weighted by Crippen LogP contribution is -2.23. The molecular weight excluding hydrogens is 276 g/mol. The first-order valence-electron chi connectivity index (χ1n) is 6.52. The Labute approximate surface area is 124 Å². The van der Waals surface area contributed by atoms with E-state index in [0.29, 0.717) is 30.1 Å². The largest absolute Gasteiger partial charge is 0.349 e. The van der Waals surface area contributed by atoms with Crippen LogP contribution in [0, 0.1) is 0 Å². The fourth-order valence-electron chi connectivity index (χ4n) is 1.58. The minimum absolute atomic E-state index is 0.0426. The van der Waals surface area contributed by atoms with Crippen molar-refractivity contribution in [1.29, 1.82) is 0 Å². The second-order valence-electron chi connectivity index (χ2n) is 4.27. The number of halogens is 1. The molecule has 1 aromatic rings. The molecule has 20 heavy (non-hydrogen) atoms. The molecule has 0 atom stereocenters. The molecule has 0 fully saturated rings. The number of nitrogens with one attached hydrogen (secondary N) is 2. The van der Waals surface area contributed by atoms with Gasteiger partial charge in [0.1, 0.15) is 0 Å². The van der Waals surface area contributed by atoms with Gasteiger partial charge in [-0.05, 0) is 37.1 Å². The number of alkyl halides is 1. The maximum Gasteiger partial charge on any atom is 0.251 e. The zero-order chi connectivity index (χ0) is 14.8. The lowest BCUT2D eigenvalue weighted by Gasteiger charge is -2.06. The average Bonchev–Trinajstić information content (AvgIpc) is 2.46. The minimum atomic E-state index is -0.162. The highest BCUT2D eigenvalue weighted by Crippen LogP contribution is 2.10. The van der Waals surface area contributed by atoms with Gasteiger partial charge in [0.05, 0.1) is 0 Å². The summed E-state index contributed by atoms with van der Waals surface area (Å²) in [5, 5.41) is 5.47. The van der Waals surface area contributed by atoms with Crippen molar-refractivity contribution < 1.29 is 9.59 Å². The number of carbonyl (C=O) groups is 2. The molecule has 0 unspecified atom stereocenters. The topological polar surface area (TPSA) is 58.2 Å². The summed E-state index contributed by atoms with van der Waals surface area (Å²) in [6.07, 6.45) is 3.68. The van der Waals surface area contributed by atoms with Gasteiger partial charge in [-0.3, -0.25) is 9.59 Å².